The smallest absolute Gasteiger partial charge is 0.294 e. The molecule has 0 unspecified atom stereocenters. The number of hydrogen-bond acceptors (Lipinski definition) is 10. The maximum atomic E-state index is 11.8. The number of rotatable bonds is 4. The van der Waals surface area contributed by atoms with Crippen LogP contribution in [0.4, 0.5) is 0 Å². The number of aliphatic hydroxyl groups is 1. The minimum Gasteiger partial charge on any atom is -0.393 e. The number of fused-ring (bicyclic) bond motifs is 6. The van der Waals surface area contributed by atoms with E-state index in [1.165, 1.54) is 31.3 Å². The summed E-state index contributed by atoms with van der Waals surface area (Å²) in [5.41, 5.74) is 1.89. The Bertz CT molecular complexity index is 943. The lowest BCUT2D eigenvalue weighted by atomic mass is 9.47. The molecule has 2 saturated heterocycles. The molecule has 0 aromatic rings. The predicted octanol–water partition coefficient (Wildman–Crippen LogP) is 2.82. The first-order valence-corrected chi connectivity index (χ1v) is 13.3. The predicted molar refractivity (Wildman–Crippen MR) is 126 cm³/mol. The van der Waals surface area contributed by atoms with E-state index in [9.17, 15) is 30.1 Å². The number of nitrogens with zero attached hydrogens (tertiary/aromatic N) is 2. The molecule has 206 valence electrons. The summed E-state index contributed by atoms with van der Waals surface area (Å²) in [6.07, 6.45) is 7.59. The van der Waals surface area contributed by atoms with Gasteiger partial charge < -0.3 is 24.3 Å². The number of ether oxygens (including phenoxy) is 2. The molecule has 2 aliphatic heterocycles. The van der Waals surface area contributed by atoms with Gasteiger partial charge >= 0.3 is 0 Å². The fraction of sp³-hybridized carbons (Fsp3) is 0.880. The average molecular weight is 525 g/mol. The zero-order valence-corrected chi connectivity index (χ0v) is 21.3. The summed E-state index contributed by atoms with van der Waals surface area (Å²) < 4.78 is 10.2. The van der Waals surface area contributed by atoms with E-state index in [0.717, 1.165) is 37.5 Å². The number of ketones is 1. The largest absolute Gasteiger partial charge is 0.393 e. The molecule has 6 rings (SSSR count). The van der Waals surface area contributed by atoms with E-state index in [1.54, 1.807) is 0 Å². The van der Waals surface area contributed by atoms with Crippen LogP contribution in [0.1, 0.15) is 65.2 Å². The zero-order chi connectivity index (χ0) is 26.5. The first-order chi connectivity index (χ1) is 17.5. The molecule has 1 N–H and O–H groups in total. The lowest BCUT2D eigenvalue weighted by molar-refractivity contribution is -0.769. The molecule has 37 heavy (non-hydrogen) atoms. The lowest BCUT2D eigenvalue weighted by Crippen LogP contribution is -2.51. The molecule has 5 fully saturated rings. The van der Waals surface area contributed by atoms with E-state index in [4.69, 9.17) is 9.47 Å². The van der Waals surface area contributed by atoms with Crippen molar-refractivity contribution in [1.82, 2.24) is 0 Å². The fourth-order valence-electron chi connectivity index (χ4n) is 8.36. The van der Waals surface area contributed by atoms with E-state index in [1.807, 2.05) is 6.08 Å². The molecule has 10 atom stereocenters. The molecule has 12 nitrogen and oxygen atoms in total. The van der Waals surface area contributed by atoms with Gasteiger partial charge in [-0.2, -0.15) is 0 Å². The molecular formula is C25H36N2O10. The highest BCUT2D eigenvalue weighted by molar-refractivity contribution is 5.91. The van der Waals surface area contributed by atoms with Gasteiger partial charge in [0.15, 0.2) is 18.0 Å². The van der Waals surface area contributed by atoms with Crippen LogP contribution in [0.5, 0.6) is 0 Å². The van der Waals surface area contributed by atoms with E-state index in [0.29, 0.717) is 11.7 Å². The Labute approximate surface area is 214 Å². The standard InChI is InChI=1S/C19H28O2.C6H8N2O8/c1-18-9-7-13(20)11-12(18)3-4-14-15-5-6-17(21)19(15,2)10-8-16(14)18;9-7(10)15-3-1-13-6-4(16-8(11)12)2-14-5(3)6/h11,14-17,21H,3-10H2,1-2H3;3-6H,1-2H2/t14-,15-,16-,17-,18-,19-;3-,4+,5-,6-/m01/s1. The third-order valence-electron chi connectivity index (χ3n) is 10.3. The first kappa shape index (κ1) is 26.3. The van der Waals surface area contributed by atoms with Crippen molar-refractivity contribution in [2.45, 2.75) is 95.7 Å². The van der Waals surface area contributed by atoms with Gasteiger partial charge in [0.25, 0.3) is 10.2 Å². The molecule has 4 aliphatic carbocycles. The molecule has 0 radical (unpaired) electrons. The fourth-order valence-corrected chi connectivity index (χ4v) is 8.36. The molecule has 6 aliphatic rings. The summed E-state index contributed by atoms with van der Waals surface area (Å²) in [7, 11) is 0. The molecule has 2 heterocycles. The van der Waals surface area contributed by atoms with E-state index in [2.05, 4.69) is 23.5 Å². The van der Waals surface area contributed by atoms with Crippen LogP contribution in [0.2, 0.25) is 0 Å². The second-order valence-corrected chi connectivity index (χ2v) is 11.9. The van der Waals surface area contributed by atoms with Crippen LogP contribution in [-0.2, 0) is 23.9 Å². The van der Waals surface area contributed by atoms with E-state index in [-0.39, 0.29) is 30.1 Å². The average Bonchev–Trinajstić information content (AvgIpc) is 3.50. The number of aliphatic hydroxyl groups excluding tert-OH is 1. The second kappa shape index (κ2) is 9.77. The summed E-state index contributed by atoms with van der Waals surface area (Å²) in [5.74, 6) is 2.57. The van der Waals surface area contributed by atoms with E-state index < -0.39 is 34.6 Å². The van der Waals surface area contributed by atoms with Gasteiger partial charge in [-0.25, -0.2) is 0 Å². The summed E-state index contributed by atoms with van der Waals surface area (Å²) in [4.78, 5) is 40.7. The van der Waals surface area contributed by atoms with E-state index >= 15 is 0 Å². The van der Waals surface area contributed by atoms with Crippen molar-refractivity contribution in [1.29, 1.82) is 0 Å². The van der Waals surface area contributed by atoms with Crippen molar-refractivity contribution < 1.29 is 39.2 Å². The minimum atomic E-state index is -0.943. The molecule has 12 heteroatoms. The minimum absolute atomic E-state index is 0.0477. The normalized spacial score (nSPS) is 45.8. The molecular weight excluding hydrogens is 488 g/mol. The van der Waals surface area contributed by atoms with Crippen molar-refractivity contribution in [3.05, 3.63) is 31.9 Å². The monoisotopic (exact) mass is 524 g/mol. The van der Waals surface area contributed by atoms with Gasteiger partial charge in [-0.1, -0.05) is 19.4 Å². The summed E-state index contributed by atoms with van der Waals surface area (Å²) in [5, 5.41) is 28.8. The van der Waals surface area contributed by atoms with Crippen LogP contribution in [0.25, 0.3) is 0 Å². The Morgan fingerprint density at radius 3 is 2.14 bits per heavy atom. The Balaban J connectivity index is 0.000000158. The Morgan fingerprint density at radius 2 is 1.54 bits per heavy atom. The highest BCUT2D eigenvalue weighted by Crippen LogP contribution is 2.65. The molecule has 0 spiro atoms. The molecule has 0 aromatic carbocycles. The summed E-state index contributed by atoms with van der Waals surface area (Å²) in [6, 6.07) is 0. The SMILES string of the molecule is C[C@]12CC[C@H]3[C@@H](CCC4=CC(=O)CC[C@@]43C)[C@@H]1CC[C@@H]2O.O=[N+]([O-])O[C@H]1CO[C@H]2[C@@H]1OC[C@H]2O[N+](=O)[O-]. The van der Waals surface area contributed by atoms with Gasteiger partial charge in [0.05, 0.1) is 19.3 Å². The van der Waals surface area contributed by atoms with Gasteiger partial charge in [-0.3, -0.25) is 4.79 Å². The van der Waals surface area contributed by atoms with Crippen LogP contribution >= 0.6 is 0 Å². The third-order valence-corrected chi connectivity index (χ3v) is 10.3. The van der Waals surface area contributed by atoms with Crippen molar-refractivity contribution in [2.75, 3.05) is 13.2 Å². The highest BCUT2D eigenvalue weighted by Gasteiger charge is 2.58. The van der Waals surface area contributed by atoms with Crippen molar-refractivity contribution >= 4 is 5.78 Å². The van der Waals surface area contributed by atoms with Gasteiger partial charge in [0, 0.05) is 6.42 Å². The second-order valence-electron chi connectivity index (χ2n) is 11.9. The maximum Gasteiger partial charge on any atom is 0.294 e. The molecule has 0 amide bonds. The molecule has 3 saturated carbocycles. The Morgan fingerprint density at radius 1 is 0.919 bits per heavy atom. The third kappa shape index (κ3) is 4.61. The van der Waals surface area contributed by atoms with Crippen LogP contribution in [0.3, 0.4) is 0 Å². The van der Waals surface area contributed by atoms with Crippen LogP contribution in [0.15, 0.2) is 11.6 Å². The Kier molecular flexibility index (Phi) is 6.95. The molecule has 0 aromatic heterocycles. The van der Waals surface area contributed by atoms with Gasteiger partial charge in [-0.05, 0) is 79.6 Å². The maximum absolute atomic E-state index is 11.8. The van der Waals surface area contributed by atoms with Gasteiger partial charge in [0.2, 0.25) is 0 Å². The first-order valence-electron chi connectivity index (χ1n) is 13.3. The number of allylic oxidation sites excluding steroid dienone is 1. The number of carbonyl (C=O) groups is 1. The van der Waals surface area contributed by atoms with Gasteiger partial charge in [0.1, 0.15) is 12.2 Å². The highest BCUT2D eigenvalue weighted by atomic mass is 17.0. The van der Waals surface area contributed by atoms with Crippen molar-refractivity contribution in [3.8, 4) is 0 Å². The van der Waals surface area contributed by atoms with Crippen LogP contribution < -0.4 is 0 Å². The Hall–Kier alpha value is -2.31. The number of carbonyl (C=O) groups excluding carboxylic acids is 1. The lowest BCUT2D eigenvalue weighted by Gasteiger charge is -2.57. The quantitative estimate of drug-likeness (QED) is 0.428. The van der Waals surface area contributed by atoms with Crippen LogP contribution in [0, 0.1) is 48.8 Å². The summed E-state index contributed by atoms with van der Waals surface area (Å²) >= 11 is 0. The van der Waals surface area contributed by atoms with Gasteiger partial charge in [-0.15, -0.1) is 20.2 Å². The molecule has 0 bridgehead atoms. The van der Waals surface area contributed by atoms with Crippen molar-refractivity contribution in [2.24, 2.45) is 28.6 Å². The van der Waals surface area contributed by atoms with Crippen molar-refractivity contribution in [3.63, 3.8) is 0 Å². The summed E-state index contributed by atoms with van der Waals surface area (Å²) in [6.45, 7) is 4.67. The van der Waals surface area contributed by atoms with Crippen LogP contribution in [-0.4, -0.2) is 64.8 Å². The zero-order valence-electron chi connectivity index (χ0n) is 21.3. The number of hydrogen-bond donors (Lipinski definition) is 1. The topological polar surface area (TPSA) is 161 Å².